The van der Waals surface area contributed by atoms with Crippen molar-refractivity contribution in [1.82, 2.24) is 0 Å². The van der Waals surface area contributed by atoms with Crippen molar-refractivity contribution in [3.8, 4) is 0 Å². The average Bonchev–Trinajstić information content (AvgIpc) is 3.72. The van der Waals surface area contributed by atoms with E-state index in [0.29, 0.717) is 25.7 Å². The van der Waals surface area contributed by atoms with Crippen LogP contribution in [0.5, 0.6) is 0 Å². The van der Waals surface area contributed by atoms with Crippen molar-refractivity contribution >= 4 is 33.6 Å². The molecule has 0 amide bonds. The number of ether oxygens (including phenoxy) is 3. The minimum Gasteiger partial charge on any atom is -0.463 e. The summed E-state index contributed by atoms with van der Waals surface area (Å²) in [5, 5.41) is 20.5. The van der Waals surface area contributed by atoms with Crippen LogP contribution in [0.4, 0.5) is 0 Å². The summed E-state index contributed by atoms with van der Waals surface area (Å²) >= 11 is 0. The number of carbonyl (C=O) groups is 3. The molecule has 0 aliphatic rings. The number of aliphatic hydroxyl groups excluding tert-OH is 2. The molecule has 0 bridgehead atoms. The molecule has 89 heavy (non-hydrogen) atoms. The summed E-state index contributed by atoms with van der Waals surface area (Å²) in [4.78, 5) is 58.2. The fourth-order valence-corrected chi connectivity index (χ4v) is 9.55. The maximum atomic E-state index is 12.9. The van der Waals surface area contributed by atoms with Crippen LogP contribution < -0.4 is 0 Å². The molecule has 4 N–H and O–H groups in total. The minimum absolute atomic E-state index is 0.0365. The highest BCUT2D eigenvalue weighted by Gasteiger charge is 2.29. The van der Waals surface area contributed by atoms with Crippen molar-refractivity contribution in [2.75, 3.05) is 39.6 Å². The van der Waals surface area contributed by atoms with Gasteiger partial charge in [-0.15, -0.1) is 0 Å². The highest BCUT2D eigenvalue weighted by molar-refractivity contribution is 7.47. The summed E-state index contributed by atoms with van der Waals surface area (Å²) in [6, 6.07) is 0. The Hall–Kier alpha value is -4.57. The van der Waals surface area contributed by atoms with Crippen LogP contribution in [0, 0.1) is 0 Å². The zero-order chi connectivity index (χ0) is 65.3. The van der Waals surface area contributed by atoms with Crippen molar-refractivity contribution in [3.63, 3.8) is 0 Å². The number of esters is 3. The number of phosphoric acid groups is 2. The third kappa shape index (κ3) is 64.8. The molecule has 0 saturated heterocycles. The average molecular weight is 1290 g/mol. The summed E-state index contributed by atoms with van der Waals surface area (Å²) in [7, 11) is -9.81. The second kappa shape index (κ2) is 63.6. The molecule has 0 aliphatic heterocycles. The van der Waals surface area contributed by atoms with Crippen molar-refractivity contribution < 1.29 is 75.8 Å². The van der Waals surface area contributed by atoms with Gasteiger partial charge in [0.2, 0.25) is 0 Å². The molecule has 0 aliphatic carbocycles. The van der Waals surface area contributed by atoms with Gasteiger partial charge in [-0.3, -0.25) is 32.5 Å². The number of hydrogen-bond donors (Lipinski definition) is 4. The Morgan fingerprint density at radius 1 is 0.326 bits per heavy atom. The molecule has 0 aromatic heterocycles. The van der Waals surface area contributed by atoms with Crippen molar-refractivity contribution in [3.05, 3.63) is 146 Å². The first-order valence-corrected chi connectivity index (χ1v) is 36.1. The Morgan fingerprint density at radius 3 is 1.06 bits per heavy atom. The molecule has 0 aromatic carbocycles. The molecule has 0 spiro atoms. The molecule has 506 valence electrons. The van der Waals surface area contributed by atoms with Crippen LogP contribution in [0.2, 0.25) is 0 Å². The number of carbonyl (C=O) groups excluding carboxylic acids is 3. The van der Waals surface area contributed by atoms with Gasteiger partial charge in [0.1, 0.15) is 25.4 Å². The number of phosphoric ester groups is 2. The summed E-state index contributed by atoms with van der Waals surface area (Å²) in [6.07, 6.45) is 74.9. The van der Waals surface area contributed by atoms with E-state index >= 15 is 0 Å². The van der Waals surface area contributed by atoms with E-state index in [1.54, 1.807) is 0 Å². The van der Waals surface area contributed by atoms with Gasteiger partial charge in [0, 0.05) is 19.3 Å². The molecule has 0 radical (unpaired) electrons. The molecular formula is C71H116O16P2. The standard InChI is InChI=1S/C71H116O16P2/c1-4-7-10-13-16-19-22-25-27-29-31-32-34-36-37-40-42-45-48-51-54-57-69(74)81-60-66(72)61-83-88(77,78)84-62-67(73)63-85-89(79,80)86-65-68(87-71(76)59-56-53-50-47-44-39-24-21-18-15-12-9-6-3)64-82-70(75)58-55-52-49-46-43-41-38-35-33-30-28-26-23-20-17-14-11-8-5-2/h8,11-12,15-17,19-21,24-28,31-33,35-37,41,43,49,52,66-68,72-73H,4-7,9-10,13-14,18,22-23,29-30,34,38-40,42,44-48,50-51,53-65H2,1-3H3,(H,77,78)(H,79,80)/b11-8-,15-12-,19-16-,20-17-,24-21-,27-25-,28-26-,32-31-,35-33-,37-36-,43-41-,52-49-. The van der Waals surface area contributed by atoms with E-state index in [1.807, 2.05) is 18.2 Å². The molecular weight excluding hydrogens is 1170 g/mol. The van der Waals surface area contributed by atoms with E-state index in [2.05, 4.69) is 148 Å². The lowest BCUT2D eigenvalue weighted by molar-refractivity contribution is -0.161. The first kappa shape index (κ1) is 84.4. The Labute approximate surface area is 537 Å². The van der Waals surface area contributed by atoms with Crippen LogP contribution in [0.3, 0.4) is 0 Å². The molecule has 16 nitrogen and oxygen atoms in total. The van der Waals surface area contributed by atoms with E-state index < -0.39 is 91.5 Å². The van der Waals surface area contributed by atoms with Gasteiger partial charge in [-0.05, 0) is 128 Å². The van der Waals surface area contributed by atoms with Gasteiger partial charge >= 0.3 is 33.6 Å². The maximum Gasteiger partial charge on any atom is 0.472 e. The number of unbranched alkanes of at least 4 members (excludes halogenated alkanes) is 14. The summed E-state index contributed by atoms with van der Waals surface area (Å²) < 4.78 is 60.7. The third-order valence-corrected chi connectivity index (χ3v) is 14.9. The second-order valence-corrected chi connectivity index (χ2v) is 24.4. The molecule has 0 fully saturated rings. The van der Waals surface area contributed by atoms with Crippen molar-refractivity contribution in [2.24, 2.45) is 0 Å². The van der Waals surface area contributed by atoms with E-state index in [0.717, 1.165) is 135 Å². The van der Waals surface area contributed by atoms with Crippen LogP contribution in [-0.4, -0.2) is 95.9 Å². The predicted octanol–water partition coefficient (Wildman–Crippen LogP) is 18.2. The third-order valence-electron chi connectivity index (χ3n) is 13.0. The van der Waals surface area contributed by atoms with Crippen LogP contribution in [-0.2, 0) is 55.8 Å². The first-order chi connectivity index (χ1) is 43.2. The van der Waals surface area contributed by atoms with Gasteiger partial charge in [-0.1, -0.05) is 224 Å². The molecule has 0 aromatic rings. The summed E-state index contributed by atoms with van der Waals surface area (Å²) in [6.45, 7) is 2.29. The molecule has 18 heteroatoms. The zero-order valence-corrected chi connectivity index (χ0v) is 56.3. The lowest BCUT2D eigenvalue weighted by Crippen LogP contribution is -2.30. The van der Waals surface area contributed by atoms with Crippen molar-refractivity contribution in [2.45, 2.75) is 245 Å². The monoisotopic (exact) mass is 1290 g/mol. The maximum absolute atomic E-state index is 12.9. The van der Waals surface area contributed by atoms with Gasteiger partial charge in [-0.2, -0.15) is 0 Å². The van der Waals surface area contributed by atoms with E-state index in [9.17, 15) is 43.5 Å². The normalized spacial score (nSPS) is 15.2. The van der Waals surface area contributed by atoms with Gasteiger partial charge in [0.05, 0.1) is 26.4 Å². The van der Waals surface area contributed by atoms with Crippen LogP contribution in [0.1, 0.15) is 226 Å². The van der Waals surface area contributed by atoms with Crippen molar-refractivity contribution in [1.29, 1.82) is 0 Å². The second-order valence-electron chi connectivity index (χ2n) is 21.5. The molecule has 5 unspecified atom stereocenters. The van der Waals surface area contributed by atoms with Gasteiger partial charge in [0.25, 0.3) is 0 Å². The SMILES string of the molecule is CC/C=C\C/C=C\C/C=C\C/C=C\C/C=C\C/C=C\CCC(=O)OCC(COP(=O)(O)OCC(O)COP(=O)(O)OCC(O)COC(=O)CCCCCCC/C=C\C/C=C\C/C=C\C/C=C\CCCCC)OC(=O)CCCCCCC/C=C\C/C=C\CCC. The lowest BCUT2D eigenvalue weighted by atomic mass is 10.1. The lowest BCUT2D eigenvalue weighted by Gasteiger charge is -2.21. The summed E-state index contributed by atoms with van der Waals surface area (Å²) in [5.41, 5.74) is 0. The molecule has 0 saturated carbocycles. The Morgan fingerprint density at radius 2 is 0.640 bits per heavy atom. The van der Waals surface area contributed by atoms with Gasteiger partial charge in [-0.25, -0.2) is 9.13 Å². The van der Waals surface area contributed by atoms with Crippen LogP contribution >= 0.6 is 15.6 Å². The molecule has 0 heterocycles. The largest absolute Gasteiger partial charge is 0.472 e. The Bertz CT molecular complexity index is 2210. The first-order valence-electron chi connectivity index (χ1n) is 33.1. The van der Waals surface area contributed by atoms with E-state index in [-0.39, 0.29) is 19.3 Å². The number of allylic oxidation sites excluding steroid dienone is 24. The topological polar surface area (TPSA) is 231 Å². The van der Waals surface area contributed by atoms with Crippen LogP contribution in [0.15, 0.2) is 146 Å². The number of rotatable bonds is 61. The van der Waals surface area contributed by atoms with Crippen LogP contribution in [0.25, 0.3) is 0 Å². The number of hydrogen-bond acceptors (Lipinski definition) is 14. The minimum atomic E-state index is -4.95. The van der Waals surface area contributed by atoms with E-state index in [4.69, 9.17) is 32.3 Å². The highest BCUT2D eigenvalue weighted by atomic mass is 31.2. The molecule has 5 atom stereocenters. The smallest absolute Gasteiger partial charge is 0.463 e. The van der Waals surface area contributed by atoms with E-state index in [1.165, 1.54) is 25.7 Å². The summed E-state index contributed by atoms with van der Waals surface area (Å²) in [5.74, 6) is -1.72. The molecule has 0 rings (SSSR count). The number of aliphatic hydroxyl groups is 2. The highest BCUT2D eigenvalue weighted by Crippen LogP contribution is 2.45. The predicted molar refractivity (Wildman–Crippen MR) is 362 cm³/mol. The Kier molecular flexibility index (Phi) is 60.3. The fourth-order valence-electron chi connectivity index (χ4n) is 7.97. The quantitative estimate of drug-likeness (QED) is 0.0146. The Balaban J connectivity index is 4.74. The zero-order valence-electron chi connectivity index (χ0n) is 54.5. The fraction of sp³-hybridized carbons (Fsp3) is 0.620. The van der Waals surface area contributed by atoms with Gasteiger partial charge in [0.15, 0.2) is 6.10 Å². The van der Waals surface area contributed by atoms with Gasteiger partial charge < -0.3 is 34.2 Å².